The molecule has 0 bridgehead atoms. The van der Waals surface area contributed by atoms with Crippen molar-refractivity contribution in [3.8, 4) is 5.75 Å². The highest BCUT2D eigenvalue weighted by Crippen LogP contribution is 2.10. The number of hydrogen-bond acceptors (Lipinski definition) is 4. The molecule has 1 aromatic heterocycles. The fourth-order valence-electron chi connectivity index (χ4n) is 2.79. The van der Waals surface area contributed by atoms with Gasteiger partial charge in [-0.3, -0.25) is 14.5 Å². The second-order valence-electron chi connectivity index (χ2n) is 5.80. The monoisotopic (exact) mass is 300 g/mol. The molecule has 0 radical (unpaired) electrons. The quantitative estimate of drug-likeness (QED) is 0.812. The van der Waals surface area contributed by atoms with Crippen LogP contribution in [0.2, 0.25) is 0 Å². The van der Waals surface area contributed by atoms with Gasteiger partial charge in [-0.1, -0.05) is 18.2 Å². The fourth-order valence-corrected chi connectivity index (χ4v) is 2.79. The molecule has 5 nitrogen and oxygen atoms in total. The summed E-state index contributed by atoms with van der Waals surface area (Å²) < 4.78 is 7.64. The third kappa shape index (κ3) is 4.32. The van der Waals surface area contributed by atoms with Crippen molar-refractivity contribution in [2.24, 2.45) is 7.05 Å². The average molecular weight is 300 g/mol. The molecule has 118 valence electrons. The highest BCUT2D eigenvalue weighted by Gasteiger charge is 2.17. The topological polar surface area (TPSA) is 33.5 Å². The van der Waals surface area contributed by atoms with Crippen LogP contribution in [0.1, 0.15) is 5.56 Å². The molecular formula is C17H24N4O. The number of aromatic nitrogens is 2. The first kappa shape index (κ1) is 15.1. The molecule has 1 aromatic carbocycles. The third-order valence-corrected chi connectivity index (χ3v) is 4.05. The van der Waals surface area contributed by atoms with E-state index in [2.05, 4.69) is 21.1 Å². The Labute approximate surface area is 132 Å². The van der Waals surface area contributed by atoms with E-state index in [9.17, 15) is 0 Å². The predicted molar refractivity (Wildman–Crippen MR) is 86.9 cm³/mol. The Morgan fingerprint density at radius 2 is 1.77 bits per heavy atom. The molecule has 1 saturated heterocycles. The van der Waals surface area contributed by atoms with Crippen LogP contribution in [0.25, 0.3) is 0 Å². The van der Waals surface area contributed by atoms with Crippen molar-refractivity contribution in [2.45, 2.75) is 6.54 Å². The van der Waals surface area contributed by atoms with Crippen LogP contribution in [-0.4, -0.2) is 58.9 Å². The van der Waals surface area contributed by atoms with Gasteiger partial charge in [0.1, 0.15) is 12.4 Å². The first-order valence-electron chi connectivity index (χ1n) is 7.90. The zero-order valence-corrected chi connectivity index (χ0v) is 13.2. The smallest absolute Gasteiger partial charge is 0.119 e. The van der Waals surface area contributed by atoms with Crippen LogP contribution in [0.4, 0.5) is 0 Å². The van der Waals surface area contributed by atoms with Gasteiger partial charge in [-0.25, -0.2) is 0 Å². The zero-order valence-electron chi connectivity index (χ0n) is 13.2. The van der Waals surface area contributed by atoms with E-state index in [-0.39, 0.29) is 0 Å². The summed E-state index contributed by atoms with van der Waals surface area (Å²) in [6.45, 7) is 7.20. The van der Waals surface area contributed by atoms with Crippen molar-refractivity contribution in [3.63, 3.8) is 0 Å². The highest BCUT2D eigenvalue weighted by atomic mass is 16.5. The average Bonchev–Trinajstić information content (AvgIpc) is 2.95. The number of benzene rings is 1. The maximum Gasteiger partial charge on any atom is 0.119 e. The van der Waals surface area contributed by atoms with Gasteiger partial charge < -0.3 is 4.74 Å². The summed E-state index contributed by atoms with van der Waals surface area (Å²) in [5.41, 5.74) is 1.29. The summed E-state index contributed by atoms with van der Waals surface area (Å²) in [7, 11) is 1.97. The minimum Gasteiger partial charge on any atom is -0.492 e. The summed E-state index contributed by atoms with van der Waals surface area (Å²) in [5, 5.41) is 4.23. The van der Waals surface area contributed by atoms with Crippen molar-refractivity contribution in [1.29, 1.82) is 0 Å². The number of nitrogens with zero attached hydrogens (tertiary/aromatic N) is 4. The molecule has 0 aliphatic carbocycles. The number of ether oxygens (including phenoxy) is 1. The molecule has 22 heavy (non-hydrogen) atoms. The van der Waals surface area contributed by atoms with E-state index in [1.165, 1.54) is 5.56 Å². The van der Waals surface area contributed by atoms with Gasteiger partial charge in [-0.15, -0.1) is 0 Å². The SMILES string of the molecule is Cn1cc(CN2CCN(CCOc3ccccc3)CC2)cn1. The summed E-state index contributed by atoms with van der Waals surface area (Å²) in [5.74, 6) is 0.956. The number of hydrogen-bond donors (Lipinski definition) is 0. The van der Waals surface area contributed by atoms with Gasteiger partial charge in [0.15, 0.2) is 0 Å². The van der Waals surface area contributed by atoms with Gasteiger partial charge in [0.05, 0.1) is 6.20 Å². The maximum absolute atomic E-state index is 5.77. The van der Waals surface area contributed by atoms with Gasteiger partial charge in [-0.05, 0) is 12.1 Å². The second-order valence-corrected chi connectivity index (χ2v) is 5.80. The molecule has 2 heterocycles. The molecule has 0 amide bonds. The molecule has 0 spiro atoms. The summed E-state index contributed by atoms with van der Waals surface area (Å²) >= 11 is 0. The Balaban J connectivity index is 1.35. The van der Waals surface area contributed by atoms with Gasteiger partial charge >= 0.3 is 0 Å². The molecule has 5 heteroatoms. The standard InChI is InChI=1S/C17H24N4O/c1-19-14-16(13-18-19)15-21-9-7-20(8-10-21)11-12-22-17-5-3-2-4-6-17/h2-6,13-14H,7-12,15H2,1H3. The molecule has 0 N–H and O–H groups in total. The minimum absolute atomic E-state index is 0.757. The Kier molecular flexibility index (Phi) is 5.08. The lowest BCUT2D eigenvalue weighted by atomic mass is 10.2. The number of piperazine rings is 1. The molecule has 1 aliphatic heterocycles. The van der Waals surface area contributed by atoms with E-state index in [1.807, 2.05) is 48.3 Å². The van der Waals surface area contributed by atoms with Gasteiger partial charge in [0.2, 0.25) is 0 Å². The van der Waals surface area contributed by atoms with Crippen LogP contribution in [0.15, 0.2) is 42.7 Å². The summed E-state index contributed by atoms with van der Waals surface area (Å²) in [6, 6.07) is 10.0. The van der Waals surface area contributed by atoms with Crippen molar-refractivity contribution in [1.82, 2.24) is 19.6 Å². The molecular weight excluding hydrogens is 276 g/mol. The van der Waals surface area contributed by atoms with Crippen LogP contribution < -0.4 is 4.74 Å². The lowest BCUT2D eigenvalue weighted by Crippen LogP contribution is -2.46. The van der Waals surface area contributed by atoms with Crippen LogP contribution in [0.5, 0.6) is 5.75 Å². The summed E-state index contributed by atoms with van der Waals surface area (Å²) in [6.07, 6.45) is 4.06. The first-order valence-corrected chi connectivity index (χ1v) is 7.90. The predicted octanol–water partition coefficient (Wildman–Crippen LogP) is 1.62. The molecule has 2 aromatic rings. The van der Waals surface area contributed by atoms with E-state index in [0.29, 0.717) is 0 Å². The van der Waals surface area contributed by atoms with Crippen molar-refractivity contribution in [2.75, 3.05) is 39.3 Å². The van der Waals surface area contributed by atoms with Crippen LogP contribution in [0, 0.1) is 0 Å². The van der Waals surface area contributed by atoms with Gasteiger partial charge in [0.25, 0.3) is 0 Å². The van der Waals surface area contributed by atoms with Crippen molar-refractivity contribution < 1.29 is 4.74 Å². The Bertz CT molecular complexity index is 561. The Morgan fingerprint density at radius 3 is 2.45 bits per heavy atom. The number of aryl methyl sites for hydroxylation is 1. The lowest BCUT2D eigenvalue weighted by molar-refractivity contribution is 0.112. The van der Waals surface area contributed by atoms with Crippen molar-refractivity contribution >= 4 is 0 Å². The number of rotatable bonds is 6. The van der Waals surface area contributed by atoms with E-state index in [0.717, 1.165) is 51.6 Å². The van der Waals surface area contributed by atoms with E-state index >= 15 is 0 Å². The highest BCUT2D eigenvalue weighted by molar-refractivity contribution is 5.20. The van der Waals surface area contributed by atoms with E-state index in [1.54, 1.807) is 0 Å². The van der Waals surface area contributed by atoms with Crippen LogP contribution in [0.3, 0.4) is 0 Å². The molecule has 0 unspecified atom stereocenters. The normalized spacial score (nSPS) is 16.8. The maximum atomic E-state index is 5.77. The van der Waals surface area contributed by atoms with Crippen LogP contribution in [-0.2, 0) is 13.6 Å². The first-order chi connectivity index (χ1) is 10.8. The Hall–Kier alpha value is -1.85. The van der Waals surface area contributed by atoms with E-state index < -0.39 is 0 Å². The fraction of sp³-hybridized carbons (Fsp3) is 0.471. The van der Waals surface area contributed by atoms with Gasteiger partial charge in [-0.2, -0.15) is 5.10 Å². The number of para-hydroxylation sites is 1. The Morgan fingerprint density at radius 1 is 1.05 bits per heavy atom. The largest absolute Gasteiger partial charge is 0.492 e. The zero-order chi connectivity index (χ0) is 15.2. The molecule has 3 rings (SSSR count). The van der Waals surface area contributed by atoms with E-state index in [4.69, 9.17) is 4.74 Å². The molecule has 0 saturated carbocycles. The van der Waals surface area contributed by atoms with Crippen molar-refractivity contribution in [3.05, 3.63) is 48.3 Å². The minimum atomic E-state index is 0.757. The second kappa shape index (κ2) is 7.42. The molecule has 0 atom stereocenters. The third-order valence-electron chi connectivity index (χ3n) is 4.05. The summed E-state index contributed by atoms with van der Waals surface area (Å²) in [4.78, 5) is 4.97. The van der Waals surface area contributed by atoms with Gasteiger partial charge in [0, 0.05) is 58.1 Å². The molecule has 1 aliphatic rings. The van der Waals surface area contributed by atoms with Crippen LogP contribution >= 0.6 is 0 Å². The molecule has 1 fully saturated rings. The lowest BCUT2D eigenvalue weighted by Gasteiger charge is -2.34.